The highest BCUT2D eigenvalue weighted by Gasteiger charge is 2.36. The molecule has 1 saturated heterocycles. The normalized spacial score (nSPS) is 20.0. The van der Waals surface area contributed by atoms with Gasteiger partial charge in [-0.25, -0.2) is 4.79 Å². The van der Waals surface area contributed by atoms with Gasteiger partial charge in [-0.3, -0.25) is 0 Å². The average Bonchev–Trinajstić information content (AvgIpc) is 2.66. The summed E-state index contributed by atoms with van der Waals surface area (Å²) < 4.78 is 5.47. The van der Waals surface area contributed by atoms with Crippen molar-refractivity contribution < 1.29 is 9.53 Å². The van der Waals surface area contributed by atoms with E-state index in [9.17, 15) is 4.79 Å². The summed E-state index contributed by atoms with van der Waals surface area (Å²) in [4.78, 5) is 14.2. The van der Waals surface area contributed by atoms with E-state index in [4.69, 9.17) is 4.74 Å². The first-order valence-corrected chi connectivity index (χ1v) is 9.84. The van der Waals surface area contributed by atoms with Gasteiger partial charge in [0.2, 0.25) is 0 Å². The smallest absolute Gasteiger partial charge is 0.410 e. The minimum atomic E-state index is -0.204. The van der Waals surface area contributed by atoms with E-state index in [0.717, 1.165) is 50.0 Å². The van der Waals surface area contributed by atoms with Gasteiger partial charge in [0.15, 0.2) is 0 Å². The highest BCUT2D eigenvalue weighted by Crippen LogP contribution is 2.40. The molecule has 1 aliphatic carbocycles. The van der Waals surface area contributed by atoms with Gasteiger partial charge >= 0.3 is 6.09 Å². The third kappa shape index (κ3) is 6.26. The first-order chi connectivity index (χ1) is 12.9. The van der Waals surface area contributed by atoms with Crippen LogP contribution in [0, 0.1) is 5.41 Å². The van der Waals surface area contributed by atoms with Crippen LogP contribution in [0.5, 0.6) is 0 Å². The monoisotopic (exact) mass is 405 g/mol. The lowest BCUT2D eigenvalue weighted by molar-refractivity contribution is 0.0707. The molecule has 1 aromatic rings. The molecule has 0 atom stereocenters. The molecule has 0 aromatic heterocycles. The molecular weight excluding hydrogens is 374 g/mol. The second kappa shape index (κ2) is 9.46. The molecule has 1 spiro atoms. The molecule has 1 aliphatic heterocycles. The number of allylic oxidation sites excluding steroid dienone is 2. The second-order valence-electron chi connectivity index (χ2n) is 8.69. The standard InChI is InChI=1S/C22H31N3O2.ClH/c1-21(2,3)24-23-19-9-11-22(12-10-19)13-15-25(16-14-22)20(26)27-17-18-7-5-4-6-8-18;/h4-9,11,24H,10,12-17H2,1-3H3;1H/b23-19-;. The van der Waals surface area contributed by atoms with Gasteiger partial charge in [0.05, 0.1) is 5.71 Å². The minimum Gasteiger partial charge on any atom is -0.445 e. The largest absolute Gasteiger partial charge is 0.445 e. The number of amides is 1. The van der Waals surface area contributed by atoms with Gasteiger partial charge in [0.1, 0.15) is 6.61 Å². The molecule has 0 bridgehead atoms. The van der Waals surface area contributed by atoms with Gasteiger partial charge in [0, 0.05) is 18.6 Å². The number of hydrogen-bond acceptors (Lipinski definition) is 4. The topological polar surface area (TPSA) is 53.9 Å². The van der Waals surface area contributed by atoms with Crippen LogP contribution in [0.4, 0.5) is 4.79 Å². The van der Waals surface area contributed by atoms with Crippen molar-refractivity contribution in [2.24, 2.45) is 10.5 Å². The third-order valence-corrected chi connectivity index (χ3v) is 5.27. The van der Waals surface area contributed by atoms with Crippen molar-refractivity contribution >= 4 is 24.2 Å². The van der Waals surface area contributed by atoms with Crippen LogP contribution < -0.4 is 5.43 Å². The highest BCUT2D eigenvalue weighted by atomic mass is 35.5. The Bertz CT molecular complexity index is 702. The Morgan fingerprint density at radius 3 is 2.43 bits per heavy atom. The molecule has 0 unspecified atom stereocenters. The molecule has 154 valence electrons. The maximum atomic E-state index is 12.3. The summed E-state index contributed by atoms with van der Waals surface area (Å²) in [6.07, 6.45) is 8.33. The molecule has 1 fully saturated rings. The summed E-state index contributed by atoms with van der Waals surface area (Å²) >= 11 is 0. The Labute approximate surface area is 174 Å². The number of ether oxygens (including phenoxy) is 1. The lowest BCUT2D eigenvalue weighted by atomic mass is 9.71. The molecule has 28 heavy (non-hydrogen) atoms. The predicted octanol–water partition coefficient (Wildman–Crippen LogP) is 4.92. The number of hydrogen-bond donors (Lipinski definition) is 1. The van der Waals surface area contributed by atoms with Crippen LogP contribution in [-0.2, 0) is 11.3 Å². The Balaban J connectivity index is 0.00000280. The van der Waals surface area contributed by atoms with Crippen molar-refractivity contribution in [1.29, 1.82) is 0 Å². The van der Waals surface area contributed by atoms with Crippen molar-refractivity contribution in [2.45, 2.75) is 58.6 Å². The Morgan fingerprint density at radius 1 is 1.18 bits per heavy atom. The van der Waals surface area contributed by atoms with Gasteiger partial charge in [-0.1, -0.05) is 36.4 Å². The Hall–Kier alpha value is -2.01. The van der Waals surface area contributed by atoms with Crippen LogP contribution >= 0.6 is 12.4 Å². The van der Waals surface area contributed by atoms with E-state index in [1.807, 2.05) is 35.2 Å². The SMILES string of the molecule is CC(C)(C)N/N=C1/C=CC2(CC1)CCN(C(=O)OCc1ccccc1)CC2.Cl. The summed E-state index contributed by atoms with van der Waals surface area (Å²) in [6, 6.07) is 9.82. The molecule has 1 heterocycles. The molecule has 1 N–H and O–H groups in total. The number of rotatable bonds is 3. The van der Waals surface area contributed by atoms with Gasteiger partial charge < -0.3 is 15.1 Å². The number of carbonyl (C=O) groups is 1. The zero-order valence-corrected chi connectivity index (χ0v) is 17.9. The van der Waals surface area contributed by atoms with Crippen LogP contribution in [0.2, 0.25) is 0 Å². The van der Waals surface area contributed by atoms with E-state index >= 15 is 0 Å². The quantitative estimate of drug-likeness (QED) is 0.726. The summed E-state index contributed by atoms with van der Waals surface area (Å²) in [5.74, 6) is 0. The first kappa shape index (κ1) is 22.3. The summed E-state index contributed by atoms with van der Waals surface area (Å²) in [5.41, 5.74) is 5.52. The van der Waals surface area contributed by atoms with Crippen LogP contribution in [0.3, 0.4) is 0 Å². The second-order valence-corrected chi connectivity index (χ2v) is 8.69. The number of likely N-dealkylation sites (tertiary alicyclic amines) is 1. The van der Waals surface area contributed by atoms with Crippen molar-refractivity contribution in [2.75, 3.05) is 13.1 Å². The number of piperidine rings is 1. The number of hydrazone groups is 1. The van der Waals surface area contributed by atoms with Crippen LogP contribution in [0.1, 0.15) is 52.0 Å². The van der Waals surface area contributed by atoms with Crippen molar-refractivity contribution in [3.8, 4) is 0 Å². The van der Waals surface area contributed by atoms with E-state index in [2.05, 4.69) is 43.5 Å². The van der Waals surface area contributed by atoms with E-state index < -0.39 is 0 Å². The molecule has 5 nitrogen and oxygen atoms in total. The van der Waals surface area contributed by atoms with E-state index in [1.165, 1.54) is 0 Å². The Kier molecular flexibility index (Phi) is 7.53. The van der Waals surface area contributed by atoms with Crippen molar-refractivity contribution in [3.63, 3.8) is 0 Å². The zero-order chi connectivity index (χ0) is 19.3. The number of nitrogens with one attached hydrogen (secondary N) is 1. The Morgan fingerprint density at radius 2 is 1.86 bits per heavy atom. The van der Waals surface area contributed by atoms with Crippen LogP contribution in [0.25, 0.3) is 0 Å². The zero-order valence-electron chi connectivity index (χ0n) is 17.1. The lowest BCUT2D eigenvalue weighted by Crippen LogP contribution is -2.43. The van der Waals surface area contributed by atoms with E-state index in [0.29, 0.717) is 6.61 Å². The maximum Gasteiger partial charge on any atom is 0.410 e. The summed E-state index contributed by atoms with van der Waals surface area (Å²) in [5, 5.41) is 4.52. The van der Waals surface area contributed by atoms with E-state index in [1.54, 1.807) is 0 Å². The summed E-state index contributed by atoms with van der Waals surface area (Å²) in [6.45, 7) is 8.17. The first-order valence-electron chi connectivity index (χ1n) is 9.84. The van der Waals surface area contributed by atoms with Crippen LogP contribution in [-0.4, -0.2) is 35.3 Å². The summed E-state index contributed by atoms with van der Waals surface area (Å²) in [7, 11) is 0. The third-order valence-electron chi connectivity index (χ3n) is 5.27. The fourth-order valence-corrected chi connectivity index (χ4v) is 3.51. The molecule has 1 aromatic carbocycles. The van der Waals surface area contributed by atoms with Gasteiger partial charge in [-0.2, -0.15) is 5.10 Å². The number of halogens is 1. The molecule has 2 aliphatic rings. The fourth-order valence-electron chi connectivity index (χ4n) is 3.51. The average molecular weight is 406 g/mol. The number of carbonyl (C=O) groups excluding carboxylic acids is 1. The molecular formula is C22H32ClN3O2. The van der Waals surface area contributed by atoms with E-state index in [-0.39, 0.29) is 29.5 Å². The lowest BCUT2D eigenvalue weighted by Gasteiger charge is -2.41. The number of benzene rings is 1. The molecule has 1 amide bonds. The predicted molar refractivity (Wildman–Crippen MR) is 116 cm³/mol. The molecule has 0 radical (unpaired) electrons. The number of nitrogens with zero attached hydrogens (tertiary/aromatic N) is 2. The van der Waals surface area contributed by atoms with Gasteiger partial charge in [0.25, 0.3) is 0 Å². The van der Waals surface area contributed by atoms with Gasteiger partial charge in [-0.15, -0.1) is 12.4 Å². The van der Waals surface area contributed by atoms with Crippen molar-refractivity contribution in [3.05, 3.63) is 48.0 Å². The van der Waals surface area contributed by atoms with Crippen molar-refractivity contribution in [1.82, 2.24) is 10.3 Å². The van der Waals surface area contributed by atoms with Crippen LogP contribution in [0.15, 0.2) is 47.6 Å². The molecule has 0 saturated carbocycles. The molecule has 3 rings (SSSR count). The minimum absolute atomic E-state index is 0. The fraction of sp³-hybridized carbons (Fsp3) is 0.545. The maximum absolute atomic E-state index is 12.3. The van der Waals surface area contributed by atoms with Gasteiger partial charge in [-0.05, 0) is 63.5 Å². The highest BCUT2D eigenvalue weighted by molar-refractivity contribution is 5.95. The molecule has 6 heteroatoms.